The third kappa shape index (κ3) is 3.91. The number of carboxylic acids is 1. The zero-order valence-electron chi connectivity index (χ0n) is 10.8. The lowest BCUT2D eigenvalue weighted by Crippen LogP contribution is -2.18. The van der Waals surface area contributed by atoms with E-state index in [1.165, 1.54) is 4.88 Å². The first-order valence-corrected chi connectivity index (χ1v) is 7.53. The summed E-state index contributed by atoms with van der Waals surface area (Å²) >= 11 is 5.10. The number of halogens is 1. The van der Waals surface area contributed by atoms with Crippen LogP contribution in [0.3, 0.4) is 0 Å². The summed E-state index contributed by atoms with van der Waals surface area (Å²) in [6.45, 7) is 0.723. The Morgan fingerprint density at radius 3 is 3.05 bits per heavy atom. The molecule has 0 amide bonds. The normalized spacial score (nSPS) is 10.9. The van der Waals surface area contributed by atoms with Crippen LogP contribution in [0.5, 0.6) is 0 Å². The van der Waals surface area contributed by atoms with E-state index in [0.29, 0.717) is 0 Å². The zero-order valence-corrected chi connectivity index (χ0v) is 13.2. The van der Waals surface area contributed by atoms with Crippen molar-refractivity contribution >= 4 is 45.1 Å². The fourth-order valence-corrected chi connectivity index (χ4v) is 3.27. The van der Waals surface area contributed by atoms with Gasteiger partial charge in [0, 0.05) is 39.6 Å². The van der Waals surface area contributed by atoms with Crippen LogP contribution in [0.2, 0.25) is 0 Å². The highest BCUT2D eigenvalue weighted by atomic mass is 79.9. The lowest BCUT2D eigenvalue weighted by molar-refractivity contribution is -0.131. The van der Waals surface area contributed by atoms with Gasteiger partial charge in [0.15, 0.2) is 0 Å². The van der Waals surface area contributed by atoms with Gasteiger partial charge in [0.1, 0.15) is 5.82 Å². The Hall–Kier alpha value is -1.66. The van der Waals surface area contributed by atoms with Crippen molar-refractivity contribution in [3.8, 4) is 0 Å². The molecule has 0 bridgehead atoms. The molecule has 0 saturated heterocycles. The van der Waals surface area contributed by atoms with Crippen LogP contribution in [0.4, 0.5) is 5.82 Å². The van der Waals surface area contributed by atoms with E-state index >= 15 is 0 Å². The fraction of sp³-hybridized carbons (Fsp3) is 0.143. The summed E-state index contributed by atoms with van der Waals surface area (Å²) in [6.07, 6.45) is 4.38. The van der Waals surface area contributed by atoms with E-state index in [1.54, 1.807) is 29.7 Å². The summed E-state index contributed by atoms with van der Waals surface area (Å²) in [5.41, 5.74) is 0.785. The van der Waals surface area contributed by atoms with Gasteiger partial charge in [-0.25, -0.2) is 9.78 Å². The summed E-state index contributed by atoms with van der Waals surface area (Å²) in [5.74, 6) is -0.209. The van der Waals surface area contributed by atoms with E-state index in [0.717, 1.165) is 28.5 Å². The van der Waals surface area contributed by atoms with Crippen LogP contribution >= 0.6 is 27.3 Å². The highest BCUT2D eigenvalue weighted by molar-refractivity contribution is 9.10. The van der Waals surface area contributed by atoms with Gasteiger partial charge in [0.25, 0.3) is 0 Å². The molecule has 2 aromatic heterocycles. The first-order chi connectivity index (χ1) is 9.56. The SMILES string of the molecule is CN(Cc1cc(Br)cs1)c1ncccc1/C=C/C(=O)O. The molecule has 0 saturated carbocycles. The first-order valence-electron chi connectivity index (χ1n) is 5.86. The van der Waals surface area contributed by atoms with Crippen LogP contribution in [0.1, 0.15) is 10.4 Å². The lowest BCUT2D eigenvalue weighted by atomic mass is 10.2. The van der Waals surface area contributed by atoms with Gasteiger partial charge in [0.2, 0.25) is 0 Å². The van der Waals surface area contributed by atoms with Crippen LogP contribution in [0, 0.1) is 0 Å². The predicted octanol–water partition coefficient (Wildman–Crippen LogP) is 3.64. The van der Waals surface area contributed by atoms with E-state index in [4.69, 9.17) is 5.11 Å². The molecule has 0 unspecified atom stereocenters. The number of aliphatic carboxylic acids is 1. The standard InChI is InChI=1S/C14H13BrN2O2S/c1-17(8-12-7-11(15)9-20-12)14-10(3-2-6-16-14)4-5-13(18)19/h2-7,9H,8H2,1H3,(H,18,19)/b5-4+. The maximum Gasteiger partial charge on any atom is 0.328 e. The van der Waals surface area contributed by atoms with Crippen LogP contribution in [0.25, 0.3) is 6.08 Å². The highest BCUT2D eigenvalue weighted by Crippen LogP contribution is 2.24. The summed E-state index contributed by atoms with van der Waals surface area (Å²) in [5, 5.41) is 10.8. The molecule has 2 rings (SSSR count). The third-order valence-corrected chi connectivity index (χ3v) is 4.28. The van der Waals surface area contributed by atoms with Crippen molar-refractivity contribution in [3.05, 3.63) is 50.8 Å². The van der Waals surface area contributed by atoms with Gasteiger partial charge in [-0.2, -0.15) is 0 Å². The fourth-order valence-electron chi connectivity index (χ4n) is 1.76. The van der Waals surface area contributed by atoms with Crippen molar-refractivity contribution in [1.29, 1.82) is 0 Å². The van der Waals surface area contributed by atoms with Gasteiger partial charge in [-0.1, -0.05) is 0 Å². The molecule has 104 valence electrons. The Morgan fingerprint density at radius 1 is 1.60 bits per heavy atom. The van der Waals surface area contributed by atoms with Crippen molar-refractivity contribution in [3.63, 3.8) is 0 Å². The molecule has 20 heavy (non-hydrogen) atoms. The summed E-state index contributed by atoms with van der Waals surface area (Å²) < 4.78 is 1.07. The first kappa shape index (κ1) is 14.7. The molecule has 0 fully saturated rings. The number of carboxylic acid groups (broad SMARTS) is 1. The van der Waals surface area contributed by atoms with Crippen molar-refractivity contribution in [1.82, 2.24) is 4.98 Å². The number of hydrogen-bond donors (Lipinski definition) is 1. The van der Waals surface area contributed by atoms with Crippen LogP contribution in [-0.4, -0.2) is 23.1 Å². The molecule has 4 nitrogen and oxygen atoms in total. The van der Waals surface area contributed by atoms with Crippen LogP contribution in [-0.2, 0) is 11.3 Å². The summed E-state index contributed by atoms with van der Waals surface area (Å²) in [4.78, 5) is 18.2. The number of carbonyl (C=O) groups is 1. The molecule has 0 aromatic carbocycles. The van der Waals surface area contributed by atoms with Crippen molar-refractivity contribution in [2.45, 2.75) is 6.54 Å². The van der Waals surface area contributed by atoms with Gasteiger partial charge in [-0.3, -0.25) is 0 Å². The minimum atomic E-state index is -0.968. The zero-order chi connectivity index (χ0) is 14.5. The molecule has 2 aromatic rings. The van der Waals surface area contributed by atoms with E-state index in [2.05, 4.69) is 27.0 Å². The van der Waals surface area contributed by atoms with Crippen LogP contribution in [0.15, 0.2) is 40.3 Å². The van der Waals surface area contributed by atoms with Gasteiger partial charge in [-0.15, -0.1) is 11.3 Å². The van der Waals surface area contributed by atoms with Gasteiger partial charge < -0.3 is 10.0 Å². The molecule has 0 aliphatic rings. The van der Waals surface area contributed by atoms with Crippen LogP contribution < -0.4 is 4.90 Å². The topological polar surface area (TPSA) is 53.4 Å². The molecule has 0 aliphatic carbocycles. The number of aromatic nitrogens is 1. The molecular formula is C14H13BrN2O2S. The number of thiophene rings is 1. The average molecular weight is 353 g/mol. The number of rotatable bonds is 5. The molecule has 0 aliphatic heterocycles. The Kier molecular flexibility index (Phi) is 4.92. The van der Waals surface area contributed by atoms with E-state index in [1.807, 2.05) is 23.4 Å². The molecule has 0 atom stereocenters. The Bertz CT molecular complexity index is 640. The molecule has 0 radical (unpaired) electrons. The minimum Gasteiger partial charge on any atom is -0.478 e. The summed E-state index contributed by atoms with van der Waals surface area (Å²) in [7, 11) is 1.94. The van der Waals surface area contributed by atoms with E-state index in [9.17, 15) is 4.79 Å². The number of anilines is 1. The molecule has 6 heteroatoms. The monoisotopic (exact) mass is 352 g/mol. The minimum absolute atomic E-state index is 0.723. The smallest absolute Gasteiger partial charge is 0.328 e. The maximum absolute atomic E-state index is 10.6. The number of nitrogens with zero attached hydrogens (tertiary/aromatic N) is 2. The van der Waals surface area contributed by atoms with Crippen molar-refractivity contribution in [2.24, 2.45) is 0 Å². The quantitative estimate of drug-likeness (QED) is 0.834. The molecule has 0 spiro atoms. The highest BCUT2D eigenvalue weighted by Gasteiger charge is 2.09. The second-order valence-electron chi connectivity index (χ2n) is 4.18. The second-order valence-corrected chi connectivity index (χ2v) is 6.09. The van der Waals surface area contributed by atoms with E-state index < -0.39 is 5.97 Å². The van der Waals surface area contributed by atoms with E-state index in [-0.39, 0.29) is 0 Å². The maximum atomic E-state index is 10.6. The van der Waals surface area contributed by atoms with Gasteiger partial charge in [-0.05, 0) is 40.2 Å². The Morgan fingerprint density at radius 2 is 2.40 bits per heavy atom. The number of pyridine rings is 1. The molecule has 1 N–H and O–H groups in total. The third-order valence-electron chi connectivity index (χ3n) is 2.60. The predicted molar refractivity (Wildman–Crippen MR) is 85.0 cm³/mol. The van der Waals surface area contributed by atoms with Crippen molar-refractivity contribution in [2.75, 3.05) is 11.9 Å². The Labute approximate surface area is 129 Å². The Balaban J connectivity index is 2.20. The summed E-state index contributed by atoms with van der Waals surface area (Å²) in [6, 6.07) is 5.71. The van der Waals surface area contributed by atoms with Gasteiger partial charge >= 0.3 is 5.97 Å². The number of hydrogen-bond acceptors (Lipinski definition) is 4. The van der Waals surface area contributed by atoms with Crippen molar-refractivity contribution < 1.29 is 9.90 Å². The molecular weight excluding hydrogens is 340 g/mol. The second kappa shape index (κ2) is 6.67. The van der Waals surface area contributed by atoms with Gasteiger partial charge in [0.05, 0.1) is 6.54 Å². The lowest BCUT2D eigenvalue weighted by Gasteiger charge is -2.19. The largest absolute Gasteiger partial charge is 0.478 e. The molecule has 2 heterocycles. The average Bonchev–Trinajstić information content (AvgIpc) is 2.82.